The molecular formula is C102H62B2N2O4. The Hall–Kier alpha value is -14.3. The Kier molecular flexibility index (Phi) is 13.9. The topological polar surface area (TPSA) is 51.2 Å². The minimum absolute atomic E-state index is 0.367. The first-order chi connectivity index (χ1) is 54.6. The van der Waals surface area contributed by atoms with Gasteiger partial charge in [-0.25, -0.2) is 0 Å². The number of nitrogens with zero attached hydrogens (tertiary/aromatic N) is 2. The van der Waals surface area contributed by atoms with Crippen molar-refractivity contribution in [3.8, 4) is 112 Å². The lowest BCUT2D eigenvalue weighted by Crippen LogP contribution is -2.64. The van der Waals surface area contributed by atoms with Crippen LogP contribution < -0.4 is 52.1 Å². The molecule has 0 saturated carbocycles. The number of hydrogen-bond acceptors (Lipinski definition) is 6. The molecule has 4 aliphatic rings. The van der Waals surface area contributed by atoms with Gasteiger partial charge >= 0.3 is 0 Å². The molecule has 510 valence electrons. The zero-order valence-corrected chi connectivity index (χ0v) is 59.5. The number of furan rings is 2. The third-order valence-electron chi connectivity index (χ3n) is 23.2. The molecule has 0 aliphatic carbocycles. The summed E-state index contributed by atoms with van der Waals surface area (Å²) in [6.45, 7) is -0.761. The number of rotatable bonds is 10. The predicted octanol–water partition coefficient (Wildman–Crippen LogP) is 23.6. The van der Waals surface area contributed by atoms with Gasteiger partial charge in [0.15, 0.2) is 0 Å². The smallest absolute Gasteiger partial charge is 0.256 e. The summed E-state index contributed by atoms with van der Waals surface area (Å²) in [7, 11) is 0. The fraction of sp³-hybridized carbons (Fsp3) is 0. The molecule has 4 aliphatic heterocycles. The van der Waals surface area contributed by atoms with Crippen LogP contribution in [0.4, 0.5) is 34.1 Å². The number of hydrogen-bond donors (Lipinski definition) is 0. The van der Waals surface area contributed by atoms with Crippen molar-refractivity contribution >= 4 is 124 Å². The largest absolute Gasteiger partial charge is 0.458 e. The van der Waals surface area contributed by atoms with Crippen molar-refractivity contribution in [1.82, 2.24) is 0 Å². The lowest BCUT2D eigenvalue weighted by molar-refractivity contribution is 0.489. The van der Waals surface area contributed by atoms with Gasteiger partial charge in [-0.2, -0.15) is 0 Å². The van der Waals surface area contributed by atoms with Gasteiger partial charge in [-0.15, -0.1) is 0 Å². The first kappa shape index (κ1) is 61.9. The molecule has 0 bridgehead atoms. The summed E-state index contributed by atoms with van der Waals surface area (Å²) in [5.41, 5.74) is 33.0. The lowest BCUT2D eigenvalue weighted by Gasteiger charge is -2.45. The number of fused-ring (bicyclic) bond motifs is 14. The molecule has 0 unspecified atom stereocenters. The Balaban J connectivity index is 0.890. The maximum Gasteiger partial charge on any atom is 0.256 e. The van der Waals surface area contributed by atoms with Gasteiger partial charge < -0.3 is 28.1 Å². The monoisotopic (exact) mass is 1400 g/mol. The minimum atomic E-state index is -0.394. The van der Waals surface area contributed by atoms with E-state index in [0.717, 1.165) is 223 Å². The fourth-order valence-corrected chi connectivity index (χ4v) is 18.5. The van der Waals surface area contributed by atoms with Crippen LogP contribution in [0.3, 0.4) is 0 Å². The Bertz CT molecular complexity index is 6910. The van der Waals surface area contributed by atoms with Crippen molar-refractivity contribution in [2.24, 2.45) is 0 Å². The van der Waals surface area contributed by atoms with E-state index < -0.39 is 6.71 Å². The third-order valence-corrected chi connectivity index (χ3v) is 23.2. The molecule has 0 spiro atoms. The molecule has 6 nitrogen and oxygen atoms in total. The van der Waals surface area contributed by atoms with E-state index in [9.17, 15) is 0 Å². The molecule has 19 aromatic rings. The van der Waals surface area contributed by atoms with E-state index in [1.54, 1.807) is 0 Å². The Morgan fingerprint density at radius 3 is 1.03 bits per heavy atom. The van der Waals surface area contributed by atoms with Crippen LogP contribution in [0.2, 0.25) is 0 Å². The van der Waals surface area contributed by atoms with Crippen molar-refractivity contribution < 1.29 is 18.3 Å². The average Bonchev–Trinajstić information content (AvgIpc) is 0.744. The van der Waals surface area contributed by atoms with Gasteiger partial charge in [0.2, 0.25) is 0 Å². The number of ether oxygens (including phenoxy) is 2. The summed E-state index contributed by atoms with van der Waals surface area (Å²) in [4.78, 5) is 5.16. The molecule has 110 heavy (non-hydrogen) atoms. The van der Waals surface area contributed by atoms with Crippen LogP contribution in [0.1, 0.15) is 0 Å². The van der Waals surface area contributed by atoms with Gasteiger partial charge in [-0.3, -0.25) is 0 Å². The first-order valence-corrected chi connectivity index (χ1v) is 37.8. The molecule has 8 heteroatoms. The second kappa shape index (κ2) is 24.6. The van der Waals surface area contributed by atoms with Crippen LogP contribution in [0.25, 0.3) is 133 Å². The van der Waals surface area contributed by atoms with E-state index in [0.29, 0.717) is 0 Å². The van der Waals surface area contributed by atoms with Crippen molar-refractivity contribution in [3.63, 3.8) is 0 Å². The molecule has 0 radical (unpaired) electrons. The quantitative estimate of drug-likeness (QED) is 0.127. The average molecular weight is 1400 g/mol. The molecule has 0 N–H and O–H groups in total. The molecule has 17 aromatic carbocycles. The van der Waals surface area contributed by atoms with E-state index in [2.05, 4.69) is 386 Å². The SMILES string of the molecule is c1ccc(-c2ccc3c(c2-c2ccccc2)Oc2cc(-c4cccc5oc6ccccc6c45)cc4c2B3c2cc3c(cc2N4c2ccccc2)N(c2c(-c4ccccc4)cccc2-c2ccccc2)c2cc(-c4cccc5oc6ccccc6c45)cc4c2B3c2ccc(-c3ccccc3)c(-c3ccccc3)c2O4)cc1. The Labute approximate surface area is 636 Å². The standard InChI is InChI=1S/C102H62B2N2O4/c1-8-29-63(30-9-1)74-53-55-80-101(94(74)67-37-16-5-17-38-67)109-92-59-69(72-45-27-51-90-96(72)78-43-22-24-49-88(78)107-90)57-86-98(92)103(80)82-61-83-85(62-84(82)105(86)71-41-20-7-21-42-71)106(100-76(65-33-12-3-13-34-65)47-26-48-77(100)66-35-14-4-15-36-66)87-58-70(73-46-28-52-91-97(73)79-44-23-25-50-89(79)108-91)60-93-99(87)104(83)81-56-54-75(64-31-10-2-11-32-64)95(102(81)110-93)68-39-18-6-19-40-68/h1-62H. The summed E-state index contributed by atoms with van der Waals surface area (Å²) >= 11 is 0. The highest BCUT2D eigenvalue weighted by Crippen LogP contribution is 2.55. The normalized spacial score (nSPS) is 12.8. The molecule has 6 heterocycles. The highest BCUT2D eigenvalue weighted by Gasteiger charge is 2.49. The van der Waals surface area contributed by atoms with Gasteiger partial charge in [0.25, 0.3) is 13.4 Å². The number of para-hydroxylation sites is 4. The Morgan fingerprint density at radius 1 is 0.227 bits per heavy atom. The molecule has 2 aromatic heterocycles. The van der Waals surface area contributed by atoms with Crippen LogP contribution in [0.5, 0.6) is 23.0 Å². The summed E-state index contributed by atoms with van der Waals surface area (Å²) < 4.78 is 29.6. The van der Waals surface area contributed by atoms with Gasteiger partial charge in [0.05, 0.1) is 5.69 Å². The number of anilines is 6. The summed E-state index contributed by atoms with van der Waals surface area (Å²) in [6.07, 6.45) is 0. The second-order valence-electron chi connectivity index (χ2n) is 29.1. The van der Waals surface area contributed by atoms with Gasteiger partial charge in [-0.1, -0.05) is 309 Å². The summed E-state index contributed by atoms with van der Waals surface area (Å²) in [5.74, 6) is 3.21. The predicted molar refractivity (Wildman–Crippen MR) is 456 cm³/mol. The first-order valence-electron chi connectivity index (χ1n) is 37.8. The molecule has 0 saturated heterocycles. The van der Waals surface area contributed by atoms with Gasteiger partial charge in [0, 0.05) is 72.2 Å². The van der Waals surface area contributed by atoms with E-state index >= 15 is 0 Å². The highest BCUT2D eigenvalue weighted by atomic mass is 16.5. The van der Waals surface area contributed by atoms with Crippen LogP contribution in [-0.4, -0.2) is 13.4 Å². The van der Waals surface area contributed by atoms with E-state index in [-0.39, 0.29) is 6.71 Å². The zero-order valence-electron chi connectivity index (χ0n) is 59.5. The molecule has 0 atom stereocenters. The molecular weight excluding hydrogens is 1340 g/mol. The molecule has 0 fully saturated rings. The highest BCUT2D eigenvalue weighted by molar-refractivity contribution is 7.02. The fourth-order valence-electron chi connectivity index (χ4n) is 18.5. The third kappa shape index (κ3) is 9.46. The van der Waals surface area contributed by atoms with E-state index in [1.807, 2.05) is 0 Å². The summed E-state index contributed by atoms with van der Waals surface area (Å²) in [6, 6.07) is 137. The van der Waals surface area contributed by atoms with Crippen molar-refractivity contribution in [2.45, 2.75) is 0 Å². The van der Waals surface area contributed by atoms with Crippen LogP contribution in [0, 0.1) is 0 Å². The van der Waals surface area contributed by atoms with Crippen LogP contribution >= 0.6 is 0 Å². The van der Waals surface area contributed by atoms with Gasteiger partial charge in [0.1, 0.15) is 45.3 Å². The van der Waals surface area contributed by atoms with Crippen molar-refractivity contribution in [2.75, 3.05) is 9.80 Å². The Morgan fingerprint density at radius 2 is 0.582 bits per heavy atom. The van der Waals surface area contributed by atoms with E-state index in [4.69, 9.17) is 18.3 Å². The zero-order chi connectivity index (χ0) is 72.1. The molecule has 23 rings (SSSR count). The van der Waals surface area contributed by atoms with Crippen LogP contribution in [0.15, 0.2) is 385 Å². The molecule has 0 amide bonds. The van der Waals surface area contributed by atoms with Gasteiger partial charge in [-0.05, 0) is 166 Å². The van der Waals surface area contributed by atoms with Crippen molar-refractivity contribution in [1.29, 1.82) is 0 Å². The second-order valence-corrected chi connectivity index (χ2v) is 29.1. The maximum absolute atomic E-state index is 8.11. The summed E-state index contributed by atoms with van der Waals surface area (Å²) in [5, 5.41) is 4.20. The van der Waals surface area contributed by atoms with E-state index in [1.165, 1.54) is 0 Å². The number of benzene rings is 17. The van der Waals surface area contributed by atoms with Crippen molar-refractivity contribution in [3.05, 3.63) is 376 Å². The lowest BCUT2D eigenvalue weighted by atomic mass is 9.30. The minimum Gasteiger partial charge on any atom is -0.458 e. The van der Waals surface area contributed by atoms with Crippen LogP contribution in [-0.2, 0) is 0 Å². The maximum atomic E-state index is 8.11.